The molecule has 0 fully saturated rings. The number of carbonyl (C=O) groups excluding carboxylic acids is 2. The molecule has 1 amide bonds. The Labute approximate surface area is 177 Å². The van der Waals surface area contributed by atoms with Crippen LogP contribution in [0.15, 0.2) is 54.6 Å². The van der Waals surface area contributed by atoms with E-state index in [2.05, 4.69) is 10.7 Å². The van der Waals surface area contributed by atoms with Gasteiger partial charge in [-0.25, -0.2) is 0 Å². The quantitative estimate of drug-likeness (QED) is 0.373. The van der Waals surface area contributed by atoms with Crippen molar-refractivity contribution in [2.45, 2.75) is 32.7 Å². The molecule has 0 heterocycles. The maximum absolute atomic E-state index is 12.3. The summed E-state index contributed by atoms with van der Waals surface area (Å²) < 4.78 is 5.50. The van der Waals surface area contributed by atoms with Gasteiger partial charge < -0.3 is 10.1 Å². The molecular weight excluding hydrogens is 386 g/mol. The molecule has 2 aromatic carbocycles. The molecule has 0 aromatic heterocycles. The Kier molecular flexibility index (Phi) is 9.11. The average molecular weight is 414 g/mol. The van der Waals surface area contributed by atoms with Crippen LogP contribution in [-0.4, -0.2) is 35.5 Å². The van der Waals surface area contributed by atoms with E-state index in [4.69, 9.17) is 17.0 Å². The second kappa shape index (κ2) is 11.8. The van der Waals surface area contributed by atoms with Crippen LogP contribution >= 0.6 is 12.2 Å². The SMILES string of the molecule is CCCOc1ccc(C(=O)CCC(=O)NN(C)C(=S)NCc2ccccc2)cc1. The highest BCUT2D eigenvalue weighted by Gasteiger charge is 2.12. The van der Waals surface area contributed by atoms with Crippen molar-refractivity contribution in [3.63, 3.8) is 0 Å². The summed E-state index contributed by atoms with van der Waals surface area (Å²) in [5.74, 6) is 0.376. The van der Waals surface area contributed by atoms with E-state index in [1.807, 2.05) is 37.3 Å². The first-order chi connectivity index (χ1) is 14.0. The minimum atomic E-state index is -0.271. The van der Waals surface area contributed by atoms with Crippen molar-refractivity contribution in [3.8, 4) is 5.75 Å². The van der Waals surface area contributed by atoms with E-state index in [1.165, 1.54) is 5.01 Å². The number of ketones is 1. The van der Waals surface area contributed by atoms with E-state index in [1.54, 1.807) is 31.3 Å². The molecule has 2 rings (SSSR count). The summed E-state index contributed by atoms with van der Waals surface area (Å²) in [5, 5.41) is 4.93. The smallest absolute Gasteiger partial charge is 0.239 e. The highest BCUT2D eigenvalue weighted by atomic mass is 32.1. The lowest BCUT2D eigenvalue weighted by Gasteiger charge is -2.21. The van der Waals surface area contributed by atoms with Gasteiger partial charge in [-0.15, -0.1) is 0 Å². The third-order valence-electron chi connectivity index (χ3n) is 4.11. The van der Waals surface area contributed by atoms with Gasteiger partial charge >= 0.3 is 0 Å². The fourth-order valence-corrected chi connectivity index (χ4v) is 2.63. The summed E-state index contributed by atoms with van der Waals surface area (Å²) in [6, 6.07) is 16.8. The molecule has 6 nitrogen and oxygen atoms in total. The van der Waals surface area contributed by atoms with Crippen molar-refractivity contribution in [1.29, 1.82) is 0 Å². The van der Waals surface area contributed by atoms with E-state index in [9.17, 15) is 9.59 Å². The number of amides is 1. The number of nitrogens with zero attached hydrogens (tertiary/aromatic N) is 1. The number of Topliss-reactive ketones (excluding diaryl/α,β-unsaturated/α-hetero) is 1. The largest absolute Gasteiger partial charge is 0.494 e. The summed E-state index contributed by atoms with van der Waals surface area (Å²) in [5.41, 5.74) is 4.33. The number of hydrogen-bond donors (Lipinski definition) is 2. The van der Waals surface area contributed by atoms with Gasteiger partial charge in [-0.3, -0.25) is 20.0 Å². The van der Waals surface area contributed by atoms with Crippen LogP contribution < -0.4 is 15.5 Å². The average Bonchev–Trinajstić information content (AvgIpc) is 2.75. The Morgan fingerprint density at radius 3 is 2.38 bits per heavy atom. The molecule has 0 bridgehead atoms. The Balaban J connectivity index is 1.72. The highest BCUT2D eigenvalue weighted by molar-refractivity contribution is 7.80. The number of rotatable bonds is 9. The molecule has 0 aliphatic carbocycles. The summed E-state index contributed by atoms with van der Waals surface area (Å²) in [7, 11) is 1.66. The summed E-state index contributed by atoms with van der Waals surface area (Å²) in [6.07, 6.45) is 1.13. The number of hydrogen-bond acceptors (Lipinski definition) is 4. The molecule has 0 spiro atoms. The summed E-state index contributed by atoms with van der Waals surface area (Å²) >= 11 is 5.27. The van der Waals surface area contributed by atoms with Crippen LogP contribution in [0.3, 0.4) is 0 Å². The van der Waals surface area contributed by atoms with Crippen molar-refractivity contribution < 1.29 is 14.3 Å². The topological polar surface area (TPSA) is 70.7 Å². The van der Waals surface area contributed by atoms with Crippen LogP contribution in [-0.2, 0) is 11.3 Å². The highest BCUT2D eigenvalue weighted by Crippen LogP contribution is 2.14. The van der Waals surface area contributed by atoms with E-state index >= 15 is 0 Å². The Morgan fingerprint density at radius 2 is 1.72 bits per heavy atom. The molecule has 0 saturated heterocycles. The van der Waals surface area contributed by atoms with Crippen LogP contribution in [0.2, 0.25) is 0 Å². The number of ether oxygens (including phenoxy) is 1. The molecule has 2 aromatic rings. The number of nitrogens with one attached hydrogen (secondary N) is 2. The Bertz CT molecular complexity index is 810. The molecule has 0 atom stereocenters. The predicted molar refractivity (Wildman–Crippen MR) is 118 cm³/mol. The normalized spacial score (nSPS) is 10.1. The lowest BCUT2D eigenvalue weighted by Crippen LogP contribution is -2.47. The molecule has 0 radical (unpaired) electrons. The first kappa shape index (κ1) is 22.4. The Morgan fingerprint density at radius 1 is 1.03 bits per heavy atom. The zero-order valence-electron chi connectivity index (χ0n) is 16.8. The fraction of sp³-hybridized carbons (Fsp3) is 0.318. The molecule has 0 aliphatic rings. The molecule has 7 heteroatoms. The van der Waals surface area contributed by atoms with Gasteiger partial charge in [0.1, 0.15) is 5.75 Å². The minimum absolute atomic E-state index is 0.0819. The van der Waals surface area contributed by atoms with Crippen LogP contribution in [0.5, 0.6) is 5.75 Å². The van der Waals surface area contributed by atoms with Crippen LogP contribution in [0.4, 0.5) is 0 Å². The first-order valence-electron chi connectivity index (χ1n) is 9.60. The van der Waals surface area contributed by atoms with Crippen LogP contribution in [0, 0.1) is 0 Å². The number of hydrazine groups is 1. The molecule has 154 valence electrons. The molecular formula is C22H27N3O3S. The third-order valence-corrected chi connectivity index (χ3v) is 4.53. The zero-order valence-corrected chi connectivity index (χ0v) is 17.6. The van der Waals surface area contributed by atoms with Crippen LogP contribution in [0.25, 0.3) is 0 Å². The summed E-state index contributed by atoms with van der Waals surface area (Å²) in [4.78, 5) is 24.4. The van der Waals surface area contributed by atoms with Crippen molar-refractivity contribution in [3.05, 3.63) is 65.7 Å². The molecule has 0 unspecified atom stereocenters. The summed E-state index contributed by atoms with van der Waals surface area (Å²) in [6.45, 7) is 3.24. The molecule has 2 N–H and O–H groups in total. The van der Waals surface area contributed by atoms with Gasteiger partial charge in [-0.2, -0.15) is 0 Å². The zero-order chi connectivity index (χ0) is 21.1. The van der Waals surface area contributed by atoms with Gasteiger partial charge in [0, 0.05) is 32.0 Å². The predicted octanol–water partition coefficient (Wildman–Crippen LogP) is 3.48. The van der Waals surface area contributed by atoms with E-state index < -0.39 is 0 Å². The second-order valence-corrected chi connectivity index (χ2v) is 6.92. The Hall–Kier alpha value is -2.93. The van der Waals surface area contributed by atoms with Gasteiger partial charge in [0.15, 0.2) is 10.9 Å². The first-order valence-corrected chi connectivity index (χ1v) is 10.0. The lowest BCUT2D eigenvalue weighted by molar-refractivity contribution is -0.123. The molecule has 0 aliphatic heterocycles. The number of carbonyl (C=O) groups is 2. The second-order valence-electron chi connectivity index (χ2n) is 6.53. The maximum atomic E-state index is 12.3. The van der Waals surface area contributed by atoms with Gasteiger partial charge in [-0.1, -0.05) is 37.3 Å². The van der Waals surface area contributed by atoms with E-state index in [0.717, 1.165) is 17.7 Å². The monoisotopic (exact) mass is 413 g/mol. The lowest BCUT2D eigenvalue weighted by atomic mass is 10.1. The standard InChI is InChI=1S/C22H27N3O3S/c1-3-15-28-19-11-9-18(10-12-19)20(26)13-14-21(27)24-25(2)22(29)23-16-17-7-5-4-6-8-17/h4-12H,3,13-16H2,1-2H3,(H,23,29)(H,24,27). The molecule has 29 heavy (non-hydrogen) atoms. The third kappa shape index (κ3) is 7.91. The van der Waals surface area contributed by atoms with Gasteiger partial charge in [0.25, 0.3) is 0 Å². The maximum Gasteiger partial charge on any atom is 0.239 e. The van der Waals surface area contributed by atoms with Gasteiger partial charge in [0.2, 0.25) is 5.91 Å². The molecule has 0 saturated carbocycles. The fourth-order valence-electron chi connectivity index (χ4n) is 2.51. The van der Waals surface area contributed by atoms with Gasteiger partial charge in [-0.05, 0) is 48.5 Å². The van der Waals surface area contributed by atoms with E-state index in [0.29, 0.717) is 23.8 Å². The van der Waals surface area contributed by atoms with Crippen LogP contribution in [0.1, 0.15) is 42.1 Å². The van der Waals surface area contributed by atoms with E-state index in [-0.39, 0.29) is 24.5 Å². The number of benzene rings is 2. The van der Waals surface area contributed by atoms with Crippen molar-refractivity contribution in [2.75, 3.05) is 13.7 Å². The minimum Gasteiger partial charge on any atom is -0.494 e. The van der Waals surface area contributed by atoms with Crippen molar-refractivity contribution in [1.82, 2.24) is 15.8 Å². The van der Waals surface area contributed by atoms with Crippen molar-refractivity contribution >= 4 is 29.0 Å². The number of thiocarbonyl (C=S) groups is 1. The van der Waals surface area contributed by atoms with Gasteiger partial charge in [0.05, 0.1) is 6.61 Å². The van der Waals surface area contributed by atoms with Crippen molar-refractivity contribution in [2.24, 2.45) is 0 Å².